The molecule has 0 radical (unpaired) electrons. The van der Waals surface area contributed by atoms with E-state index in [0.29, 0.717) is 6.61 Å². The predicted molar refractivity (Wildman–Crippen MR) is 131 cm³/mol. The summed E-state index contributed by atoms with van der Waals surface area (Å²) in [5.41, 5.74) is 11.2. The third-order valence-electron chi connectivity index (χ3n) is 5.78. The van der Waals surface area contributed by atoms with Gasteiger partial charge in [0.25, 0.3) is 0 Å². The first-order valence-corrected chi connectivity index (χ1v) is 11.2. The quantitative estimate of drug-likeness (QED) is 0.177. The number of rotatable bonds is 8. The molecule has 0 bridgehead atoms. The van der Waals surface area contributed by atoms with Crippen LogP contribution in [0.1, 0.15) is 17.4 Å². The molecule has 0 aliphatic carbocycles. The third kappa shape index (κ3) is 4.70. The van der Waals surface area contributed by atoms with Crippen molar-refractivity contribution in [1.29, 1.82) is 0 Å². The van der Waals surface area contributed by atoms with Crippen molar-refractivity contribution in [2.45, 2.75) is 31.1 Å². The lowest BCUT2D eigenvalue weighted by Crippen LogP contribution is -2.33. The smallest absolute Gasteiger partial charge is 0.228 e. The molecule has 36 heavy (non-hydrogen) atoms. The molecule has 12 heteroatoms. The Morgan fingerprint density at radius 1 is 1.08 bits per heavy atom. The zero-order valence-corrected chi connectivity index (χ0v) is 19.0. The summed E-state index contributed by atoms with van der Waals surface area (Å²) < 4.78 is 12.9. The maximum Gasteiger partial charge on any atom is 0.228 e. The van der Waals surface area contributed by atoms with Crippen LogP contribution in [0.3, 0.4) is 0 Å². The van der Waals surface area contributed by atoms with Crippen molar-refractivity contribution in [3.63, 3.8) is 0 Å². The van der Waals surface area contributed by atoms with Crippen molar-refractivity contribution in [3.05, 3.63) is 72.1 Å². The summed E-state index contributed by atoms with van der Waals surface area (Å²) in [4.78, 5) is 12.5. The van der Waals surface area contributed by atoms with Gasteiger partial charge in [0.15, 0.2) is 23.2 Å². The van der Waals surface area contributed by atoms with Crippen molar-refractivity contribution in [3.8, 4) is 5.75 Å². The van der Waals surface area contributed by atoms with Crippen LogP contribution in [0, 0.1) is 0 Å². The monoisotopic (exact) mass is 491 g/mol. The number of imidazole rings is 1. The Kier molecular flexibility index (Phi) is 6.73. The minimum atomic E-state index is -1.34. The average Bonchev–Trinajstić information content (AvgIpc) is 3.41. The van der Waals surface area contributed by atoms with Gasteiger partial charge in [0.1, 0.15) is 37.0 Å². The highest BCUT2D eigenvalue weighted by molar-refractivity contribution is 5.84. The highest BCUT2D eigenvalue weighted by Gasteiger charge is 2.45. The number of nitrogens with one attached hydrogen (secondary N) is 1. The van der Waals surface area contributed by atoms with Crippen LogP contribution in [0.4, 0.5) is 11.8 Å². The number of fused-ring (bicyclic) bond motifs is 1. The van der Waals surface area contributed by atoms with E-state index in [1.807, 2.05) is 54.6 Å². The van der Waals surface area contributed by atoms with Gasteiger partial charge in [0.2, 0.25) is 5.95 Å². The van der Waals surface area contributed by atoms with Crippen LogP contribution in [-0.4, -0.2) is 66.0 Å². The summed E-state index contributed by atoms with van der Waals surface area (Å²) in [6, 6.07) is 17.3. The molecule has 3 heterocycles. The number of hydrogen-bond donors (Lipinski definition) is 5. The van der Waals surface area contributed by atoms with Crippen molar-refractivity contribution in [2.24, 2.45) is 5.10 Å². The Morgan fingerprint density at radius 3 is 2.58 bits per heavy atom. The fourth-order valence-corrected chi connectivity index (χ4v) is 3.90. The van der Waals surface area contributed by atoms with Gasteiger partial charge in [-0.1, -0.05) is 30.3 Å². The molecule has 186 valence electrons. The van der Waals surface area contributed by atoms with E-state index >= 15 is 0 Å². The van der Waals surface area contributed by atoms with Crippen molar-refractivity contribution >= 4 is 29.1 Å². The Labute approximate surface area is 205 Å². The van der Waals surface area contributed by atoms with E-state index in [0.717, 1.165) is 16.9 Å². The summed E-state index contributed by atoms with van der Waals surface area (Å²) >= 11 is 0. The second kappa shape index (κ2) is 10.3. The SMILES string of the molecule is Nc1ncnc2c1nc(N/N=C/c1ccc(OCc3ccccc3)cc1)n2C1OC(CO)C(O)C1O. The van der Waals surface area contributed by atoms with Gasteiger partial charge >= 0.3 is 0 Å². The molecule has 12 nitrogen and oxygen atoms in total. The summed E-state index contributed by atoms with van der Waals surface area (Å²) in [6.07, 6.45) is -1.86. The topological polar surface area (TPSA) is 173 Å². The lowest BCUT2D eigenvalue weighted by Gasteiger charge is -2.18. The Balaban J connectivity index is 1.33. The van der Waals surface area contributed by atoms with Crippen molar-refractivity contribution in [1.82, 2.24) is 19.5 Å². The van der Waals surface area contributed by atoms with Crippen LogP contribution in [0.25, 0.3) is 11.2 Å². The predicted octanol–water partition coefficient (Wildman–Crippen LogP) is 1.04. The first kappa shape index (κ1) is 23.6. The largest absolute Gasteiger partial charge is 0.489 e. The second-order valence-electron chi connectivity index (χ2n) is 8.18. The molecule has 0 spiro atoms. The molecule has 4 aromatic rings. The van der Waals surface area contributed by atoms with Gasteiger partial charge in [-0.2, -0.15) is 5.10 Å². The number of nitrogen functional groups attached to an aromatic ring is 1. The van der Waals surface area contributed by atoms with E-state index < -0.39 is 31.1 Å². The van der Waals surface area contributed by atoms with E-state index in [-0.39, 0.29) is 22.9 Å². The number of hydrazone groups is 1. The lowest BCUT2D eigenvalue weighted by molar-refractivity contribution is -0.0501. The fourth-order valence-electron chi connectivity index (χ4n) is 3.90. The number of hydrogen-bond acceptors (Lipinski definition) is 11. The summed E-state index contributed by atoms with van der Waals surface area (Å²) in [7, 11) is 0. The summed E-state index contributed by atoms with van der Waals surface area (Å²) in [5.74, 6) is 1.01. The third-order valence-corrected chi connectivity index (χ3v) is 5.78. The molecule has 4 unspecified atom stereocenters. The number of nitrogens with zero attached hydrogens (tertiary/aromatic N) is 5. The van der Waals surface area contributed by atoms with Crippen molar-refractivity contribution in [2.75, 3.05) is 17.8 Å². The molecule has 1 fully saturated rings. The number of nitrogens with two attached hydrogens (primary N) is 1. The van der Waals surface area contributed by atoms with Crippen LogP contribution in [0.2, 0.25) is 0 Å². The standard InChI is InChI=1S/C24H25N7O5/c25-21-18-22(27-13-26-21)31(23-20(34)19(33)17(11-32)36-23)24(29-18)30-28-10-14-6-8-16(9-7-14)35-12-15-4-2-1-3-5-15/h1-10,13,17,19-20,23,32-34H,11-12H2,(H,29,30)(H2,25,26,27)/b28-10+. The van der Waals surface area contributed by atoms with Crippen molar-refractivity contribution < 1.29 is 24.8 Å². The highest BCUT2D eigenvalue weighted by atomic mass is 16.6. The van der Waals surface area contributed by atoms with Crippen LogP contribution < -0.4 is 15.9 Å². The second-order valence-corrected chi connectivity index (χ2v) is 8.18. The molecule has 2 aromatic carbocycles. The molecule has 0 amide bonds. The van der Waals surface area contributed by atoms with E-state index in [1.54, 1.807) is 6.21 Å². The molecule has 1 aliphatic rings. The molecule has 5 rings (SSSR count). The summed E-state index contributed by atoms with van der Waals surface area (Å²) in [5, 5.41) is 34.4. The number of aromatic nitrogens is 4. The first-order chi connectivity index (χ1) is 17.5. The number of aliphatic hydroxyl groups is 3. The molecule has 6 N–H and O–H groups in total. The molecular weight excluding hydrogens is 466 g/mol. The molecule has 1 saturated heterocycles. The number of ether oxygens (including phenoxy) is 2. The van der Waals surface area contributed by atoms with Crippen LogP contribution >= 0.6 is 0 Å². The van der Waals surface area contributed by atoms with Gasteiger partial charge in [-0.15, -0.1) is 0 Å². The average molecular weight is 492 g/mol. The number of benzene rings is 2. The zero-order valence-electron chi connectivity index (χ0n) is 19.0. The lowest BCUT2D eigenvalue weighted by atomic mass is 10.1. The Hall–Kier alpha value is -4.10. The number of aliphatic hydroxyl groups excluding tert-OH is 3. The normalized spacial score (nSPS) is 21.9. The van der Waals surface area contributed by atoms with Gasteiger partial charge in [0, 0.05) is 0 Å². The van der Waals surface area contributed by atoms with Gasteiger partial charge in [-0.25, -0.2) is 20.4 Å². The molecule has 1 aliphatic heterocycles. The van der Waals surface area contributed by atoms with E-state index in [4.69, 9.17) is 15.2 Å². The molecule has 0 saturated carbocycles. The molecule has 2 aromatic heterocycles. The van der Waals surface area contributed by atoms with Crippen LogP contribution in [-0.2, 0) is 11.3 Å². The first-order valence-electron chi connectivity index (χ1n) is 11.2. The summed E-state index contributed by atoms with van der Waals surface area (Å²) in [6.45, 7) is 0.00342. The van der Waals surface area contributed by atoms with Crippen LogP contribution in [0.5, 0.6) is 5.75 Å². The van der Waals surface area contributed by atoms with Gasteiger partial charge < -0.3 is 30.5 Å². The maximum atomic E-state index is 10.5. The highest BCUT2D eigenvalue weighted by Crippen LogP contribution is 2.35. The number of anilines is 2. The minimum absolute atomic E-state index is 0.128. The zero-order chi connectivity index (χ0) is 25.1. The fraction of sp³-hybridized carbons (Fsp3) is 0.250. The van der Waals surface area contributed by atoms with E-state index in [9.17, 15) is 15.3 Å². The van der Waals surface area contributed by atoms with E-state index in [2.05, 4.69) is 25.5 Å². The molecular formula is C24H25N7O5. The van der Waals surface area contributed by atoms with E-state index in [1.165, 1.54) is 10.9 Å². The Bertz CT molecular complexity index is 1350. The Morgan fingerprint density at radius 2 is 1.86 bits per heavy atom. The van der Waals surface area contributed by atoms with Gasteiger partial charge in [-0.05, 0) is 35.4 Å². The van der Waals surface area contributed by atoms with Gasteiger partial charge in [0.05, 0.1) is 12.8 Å². The van der Waals surface area contributed by atoms with Gasteiger partial charge in [-0.3, -0.25) is 4.57 Å². The minimum Gasteiger partial charge on any atom is -0.489 e. The molecule has 4 atom stereocenters. The maximum absolute atomic E-state index is 10.5. The van der Waals surface area contributed by atoms with Crippen LogP contribution in [0.15, 0.2) is 66.0 Å².